The van der Waals surface area contributed by atoms with Crippen LogP contribution in [0.1, 0.15) is 11.5 Å². The number of morpholine rings is 1. The van der Waals surface area contributed by atoms with E-state index in [4.69, 9.17) is 13.9 Å². The Kier molecular flexibility index (Phi) is 7.76. The van der Waals surface area contributed by atoms with E-state index in [2.05, 4.69) is 15.2 Å². The van der Waals surface area contributed by atoms with Gasteiger partial charge in [0, 0.05) is 37.5 Å². The molecule has 152 valence electrons. The van der Waals surface area contributed by atoms with Crippen LogP contribution in [0.5, 0.6) is 5.75 Å². The fourth-order valence-electron chi connectivity index (χ4n) is 2.91. The van der Waals surface area contributed by atoms with E-state index in [1.54, 1.807) is 7.11 Å². The minimum absolute atomic E-state index is 0.0485. The minimum Gasteiger partial charge on any atom is -0.497 e. The van der Waals surface area contributed by atoms with Gasteiger partial charge >= 0.3 is 0 Å². The van der Waals surface area contributed by atoms with Gasteiger partial charge in [0.25, 0.3) is 0 Å². The number of benzene rings is 1. The predicted octanol–water partition coefficient (Wildman–Crippen LogP) is 2.34. The lowest BCUT2D eigenvalue weighted by atomic mass is 10.2. The summed E-state index contributed by atoms with van der Waals surface area (Å²) >= 11 is 1.54. The molecule has 1 saturated heterocycles. The van der Waals surface area contributed by atoms with Crippen molar-refractivity contribution in [2.45, 2.75) is 12.7 Å². The Labute approximate surface area is 169 Å². The molecule has 1 N–H and O–H groups in total. The van der Waals surface area contributed by atoms with E-state index in [0.29, 0.717) is 23.9 Å². The summed E-state index contributed by atoms with van der Waals surface area (Å²) in [4.78, 5) is 18.9. The molecule has 0 atom stereocenters. The summed E-state index contributed by atoms with van der Waals surface area (Å²) in [5, 5.41) is 2.97. The van der Waals surface area contributed by atoms with Crippen LogP contribution in [0.3, 0.4) is 0 Å². The molecule has 0 aliphatic carbocycles. The van der Waals surface area contributed by atoms with E-state index in [1.165, 1.54) is 11.8 Å². The second kappa shape index (κ2) is 10.5. The number of methoxy groups -OCH3 is 1. The highest BCUT2D eigenvalue weighted by molar-refractivity contribution is 7.99. The van der Waals surface area contributed by atoms with Crippen molar-refractivity contribution in [3.05, 3.63) is 35.7 Å². The van der Waals surface area contributed by atoms with Gasteiger partial charge in [0.2, 0.25) is 11.8 Å². The highest BCUT2D eigenvalue weighted by atomic mass is 32.2. The number of nitrogens with zero attached hydrogens (tertiary/aromatic N) is 2. The molecule has 0 saturated carbocycles. The summed E-state index contributed by atoms with van der Waals surface area (Å²) in [5.74, 6) is 3.20. The summed E-state index contributed by atoms with van der Waals surface area (Å²) < 4.78 is 16.4. The number of rotatable bonds is 9. The van der Waals surface area contributed by atoms with Crippen LogP contribution in [-0.2, 0) is 15.3 Å². The molecule has 0 bridgehead atoms. The maximum Gasteiger partial charge on any atom is 0.230 e. The van der Waals surface area contributed by atoms with Crippen LogP contribution in [0, 0.1) is 6.92 Å². The van der Waals surface area contributed by atoms with Gasteiger partial charge in [-0.25, -0.2) is 4.98 Å². The Bertz CT molecular complexity index is 775. The number of thioether (sulfide) groups is 1. The summed E-state index contributed by atoms with van der Waals surface area (Å²) in [6.07, 6.45) is 0. The molecular formula is C20H27N3O4S. The molecule has 1 aromatic heterocycles. The Morgan fingerprint density at radius 1 is 1.36 bits per heavy atom. The second-order valence-corrected chi connectivity index (χ2v) is 7.54. The van der Waals surface area contributed by atoms with Crippen LogP contribution in [0.15, 0.2) is 28.7 Å². The first-order valence-electron chi connectivity index (χ1n) is 9.41. The quantitative estimate of drug-likeness (QED) is 0.686. The second-order valence-electron chi connectivity index (χ2n) is 6.55. The Balaban J connectivity index is 1.42. The van der Waals surface area contributed by atoms with Crippen LogP contribution in [0.4, 0.5) is 0 Å². The SMILES string of the molecule is COc1cccc(-c2nc(CSCC(=O)NCCN3CCOCC3)c(C)o2)c1. The molecule has 1 fully saturated rings. The molecule has 0 spiro atoms. The molecule has 0 radical (unpaired) electrons. The topological polar surface area (TPSA) is 76.8 Å². The Morgan fingerprint density at radius 2 is 2.18 bits per heavy atom. The number of aromatic nitrogens is 1. The molecule has 1 aliphatic rings. The van der Waals surface area contributed by atoms with Crippen molar-refractivity contribution in [3.8, 4) is 17.2 Å². The minimum atomic E-state index is 0.0485. The van der Waals surface area contributed by atoms with Crippen LogP contribution in [-0.4, -0.2) is 68.0 Å². The number of ether oxygens (including phenoxy) is 2. The number of hydrogen-bond acceptors (Lipinski definition) is 7. The van der Waals surface area contributed by atoms with E-state index in [9.17, 15) is 4.79 Å². The van der Waals surface area contributed by atoms with Crippen molar-refractivity contribution in [3.63, 3.8) is 0 Å². The van der Waals surface area contributed by atoms with Crippen molar-refractivity contribution in [2.24, 2.45) is 0 Å². The molecule has 2 aromatic rings. The largest absolute Gasteiger partial charge is 0.497 e. The highest BCUT2D eigenvalue weighted by Gasteiger charge is 2.13. The molecule has 1 amide bonds. The lowest BCUT2D eigenvalue weighted by Crippen LogP contribution is -2.41. The molecule has 1 aliphatic heterocycles. The van der Waals surface area contributed by atoms with Gasteiger partial charge in [-0.1, -0.05) is 6.07 Å². The number of amides is 1. The van der Waals surface area contributed by atoms with Gasteiger partial charge in [-0.05, 0) is 25.1 Å². The number of hydrogen-bond donors (Lipinski definition) is 1. The van der Waals surface area contributed by atoms with Crippen LogP contribution >= 0.6 is 11.8 Å². The lowest BCUT2D eigenvalue weighted by molar-refractivity contribution is -0.118. The normalized spacial score (nSPS) is 14.8. The number of aryl methyl sites for hydroxylation is 1. The van der Waals surface area contributed by atoms with Gasteiger partial charge in [0.15, 0.2) is 0 Å². The molecule has 0 unspecified atom stereocenters. The van der Waals surface area contributed by atoms with Crippen LogP contribution in [0.2, 0.25) is 0 Å². The number of carbonyl (C=O) groups excluding carboxylic acids is 1. The van der Waals surface area contributed by atoms with E-state index in [0.717, 1.165) is 55.6 Å². The Hall–Kier alpha value is -2.03. The van der Waals surface area contributed by atoms with Crippen molar-refractivity contribution in [1.29, 1.82) is 0 Å². The fraction of sp³-hybridized carbons (Fsp3) is 0.500. The molecule has 1 aromatic carbocycles. The fourth-order valence-corrected chi connectivity index (χ4v) is 3.76. The van der Waals surface area contributed by atoms with Gasteiger partial charge in [0.1, 0.15) is 11.5 Å². The number of oxazole rings is 1. The first-order valence-corrected chi connectivity index (χ1v) is 10.6. The smallest absolute Gasteiger partial charge is 0.230 e. The molecular weight excluding hydrogens is 378 g/mol. The standard InChI is InChI=1S/C20H27N3O4S/c1-15-18(22-20(27-15)16-4-3-5-17(12-16)25-2)13-28-14-19(24)21-6-7-23-8-10-26-11-9-23/h3-5,12H,6-11,13-14H2,1-2H3,(H,21,24). The van der Waals surface area contributed by atoms with Crippen molar-refractivity contribution in [2.75, 3.05) is 52.3 Å². The maximum atomic E-state index is 12.0. The summed E-state index contributed by atoms with van der Waals surface area (Å²) in [6.45, 7) is 6.86. The summed E-state index contributed by atoms with van der Waals surface area (Å²) in [5.41, 5.74) is 1.74. The maximum absolute atomic E-state index is 12.0. The molecule has 8 heteroatoms. The van der Waals surface area contributed by atoms with Gasteiger partial charge in [0.05, 0.1) is 31.8 Å². The number of carbonyl (C=O) groups is 1. The summed E-state index contributed by atoms with van der Waals surface area (Å²) in [6, 6.07) is 7.62. The van der Waals surface area contributed by atoms with E-state index in [-0.39, 0.29) is 5.91 Å². The van der Waals surface area contributed by atoms with Crippen molar-refractivity contribution in [1.82, 2.24) is 15.2 Å². The van der Waals surface area contributed by atoms with E-state index in [1.807, 2.05) is 31.2 Å². The monoisotopic (exact) mass is 405 g/mol. The summed E-state index contributed by atoms with van der Waals surface area (Å²) in [7, 11) is 1.63. The van der Waals surface area contributed by atoms with Gasteiger partial charge < -0.3 is 19.2 Å². The molecule has 7 nitrogen and oxygen atoms in total. The third-order valence-electron chi connectivity index (χ3n) is 4.54. The van der Waals surface area contributed by atoms with E-state index < -0.39 is 0 Å². The zero-order valence-electron chi connectivity index (χ0n) is 16.4. The predicted molar refractivity (Wildman–Crippen MR) is 110 cm³/mol. The lowest BCUT2D eigenvalue weighted by Gasteiger charge is -2.26. The Morgan fingerprint density at radius 3 is 2.96 bits per heavy atom. The van der Waals surface area contributed by atoms with Crippen LogP contribution in [0.25, 0.3) is 11.5 Å². The van der Waals surface area contributed by atoms with Crippen molar-refractivity contribution >= 4 is 17.7 Å². The zero-order chi connectivity index (χ0) is 19.8. The number of nitrogens with one attached hydrogen (secondary N) is 1. The third-order valence-corrected chi connectivity index (χ3v) is 5.48. The molecule has 28 heavy (non-hydrogen) atoms. The third kappa shape index (κ3) is 5.98. The van der Waals surface area contributed by atoms with Crippen molar-refractivity contribution < 1.29 is 18.7 Å². The van der Waals surface area contributed by atoms with Gasteiger partial charge in [-0.3, -0.25) is 9.69 Å². The van der Waals surface area contributed by atoms with Gasteiger partial charge in [-0.15, -0.1) is 11.8 Å². The van der Waals surface area contributed by atoms with Crippen LogP contribution < -0.4 is 10.1 Å². The molecule has 3 rings (SSSR count). The highest BCUT2D eigenvalue weighted by Crippen LogP contribution is 2.26. The average molecular weight is 406 g/mol. The molecule has 2 heterocycles. The first kappa shape index (κ1) is 20.7. The average Bonchev–Trinajstić information content (AvgIpc) is 3.09. The first-order chi connectivity index (χ1) is 13.7. The zero-order valence-corrected chi connectivity index (χ0v) is 17.2. The van der Waals surface area contributed by atoms with Gasteiger partial charge in [-0.2, -0.15) is 0 Å². The van der Waals surface area contributed by atoms with E-state index >= 15 is 0 Å².